The van der Waals surface area contributed by atoms with Crippen LogP contribution in [0.4, 0.5) is 4.79 Å². The van der Waals surface area contributed by atoms with Gasteiger partial charge in [-0.25, -0.2) is 4.79 Å². The van der Waals surface area contributed by atoms with Gasteiger partial charge in [-0.2, -0.15) is 0 Å². The summed E-state index contributed by atoms with van der Waals surface area (Å²) in [7, 11) is 3.74. The molecule has 1 spiro atoms. The van der Waals surface area contributed by atoms with Gasteiger partial charge in [0.25, 0.3) is 0 Å². The van der Waals surface area contributed by atoms with Crippen LogP contribution in [-0.4, -0.2) is 67.6 Å². The standard InChI is InChI=1S/C19H28N4O3/c1-22-11-12-23(14-19(22)8-7-17(24)20-10-9-19)18(25)21-13-15-3-5-16(26-2)6-4-15/h3-6H,7-14H2,1-2H3,(H,20,24)(H,21,25)/t19-/m1/s1. The molecule has 0 aliphatic carbocycles. The summed E-state index contributed by atoms with van der Waals surface area (Å²) in [5.74, 6) is 0.911. The Kier molecular flexibility index (Phi) is 5.66. The predicted octanol–water partition coefficient (Wildman–Crippen LogP) is 1.19. The normalized spacial score (nSPS) is 24.1. The Morgan fingerprint density at radius 1 is 1.27 bits per heavy atom. The van der Waals surface area contributed by atoms with Crippen LogP contribution in [-0.2, 0) is 11.3 Å². The van der Waals surface area contributed by atoms with Crippen molar-refractivity contribution in [3.63, 3.8) is 0 Å². The number of nitrogens with one attached hydrogen (secondary N) is 2. The van der Waals surface area contributed by atoms with Crippen LogP contribution in [0.5, 0.6) is 5.75 Å². The van der Waals surface area contributed by atoms with Crippen molar-refractivity contribution >= 4 is 11.9 Å². The molecule has 0 unspecified atom stereocenters. The van der Waals surface area contributed by atoms with Gasteiger partial charge in [-0.1, -0.05) is 12.1 Å². The molecular formula is C19H28N4O3. The summed E-state index contributed by atoms with van der Waals surface area (Å²) in [6, 6.07) is 7.64. The van der Waals surface area contributed by atoms with E-state index in [4.69, 9.17) is 4.74 Å². The maximum absolute atomic E-state index is 12.7. The summed E-state index contributed by atoms with van der Waals surface area (Å²) in [5, 5.41) is 5.95. The molecule has 3 rings (SSSR count). The molecule has 3 amide bonds. The van der Waals surface area contributed by atoms with E-state index in [0.29, 0.717) is 32.6 Å². The number of nitrogens with zero attached hydrogens (tertiary/aromatic N) is 2. The quantitative estimate of drug-likeness (QED) is 0.849. The minimum absolute atomic E-state index is 0.0446. The highest BCUT2D eigenvalue weighted by atomic mass is 16.5. The fourth-order valence-corrected chi connectivity index (χ4v) is 3.80. The number of ether oxygens (including phenoxy) is 1. The molecule has 26 heavy (non-hydrogen) atoms. The van der Waals surface area contributed by atoms with E-state index in [-0.39, 0.29) is 17.5 Å². The molecular weight excluding hydrogens is 332 g/mol. The largest absolute Gasteiger partial charge is 0.497 e. The van der Waals surface area contributed by atoms with Gasteiger partial charge in [0.2, 0.25) is 5.91 Å². The second-order valence-corrected chi connectivity index (χ2v) is 7.17. The average molecular weight is 360 g/mol. The van der Waals surface area contributed by atoms with Crippen LogP contribution in [0.1, 0.15) is 24.8 Å². The van der Waals surface area contributed by atoms with Crippen molar-refractivity contribution in [2.75, 3.05) is 40.3 Å². The molecule has 0 bridgehead atoms. The Morgan fingerprint density at radius 3 is 2.77 bits per heavy atom. The molecule has 0 saturated carbocycles. The number of amides is 3. The highest BCUT2D eigenvalue weighted by Gasteiger charge is 2.42. The van der Waals surface area contributed by atoms with E-state index in [1.165, 1.54) is 0 Å². The number of piperazine rings is 1. The smallest absolute Gasteiger partial charge is 0.317 e. The zero-order chi connectivity index (χ0) is 18.6. The van der Waals surface area contributed by atoms with Crippen LogP contribution in [0.25, 0.3) is 0 Å². The highest BCUT2D eigenvalue weighted by molar-refractivity contribution is 5.76. The van der Waals surface area contributed by atoms with Crippen molar-refractivity contribution in [1.29, 1.82) is 0 Å². The molecule has 0 aromatic heterocycles. The number of carbonyl (C=O) groups excluding carboxylic acids is 2. The molecule has 142 valence electrons. The van der Waals surface area contributed by atoms with Gasteiger partial charge in [0.05, 0.1) is 7.11 Å². The van der Waals surface area contributed by atoms with E-state index in [0.717, 1.165) is 30.7 Å². The van der Waals surface area contributed by atoms with Crippen molar-refractivity contribution in [2.45, 2.75) is 31.3 Å². The number of hydrogen-bond donors (Lipinski definition) is 2. The van der Waals surface area contributed by atoms with Crippen LogP contribution < -0.4 is 15.4 Å². The number of likely N-dealkylation sites (N-methyl/N-ethyl adjacent to an activating group) is 1. The summed E-state index contributed by atoms with van der Waals surface area (Å²) >= 11 is 0. The Labute approximate surface area is 154 Å². The van der Waals surface area contributed by atoms with Crippen LogP contribution in [0, 0.1) is 0 Å². The lowest BCUT2D eigenvalue weighted by Gasteiger charge is -2.49. The summed E-state index contributed by atoms with van der Waals surface area (Å²) in [6.07, 6.45) is 2.18. The Hall–Kier alpha value is -2.28. The molecule has 1 aromatic rings. The van der Waals surface area contributed by atoms with Crippen molar-refractivity contribution in [2.24, 2.45) is 0 Å². The predicted molar refractivity (Wildman–Crippen MR) is 99.0 cm³/mol. The summed E-state index contributed by atoms with van der Waals surface area (Å²) in [6.45, 7) is 3.35. The van der Waals surface area contributed by atoms with Gasteiger partial charge in [-0.15, -0.1) is 0 Å². The van der Waals surface area contributed by atoms with Crippen molar-refractivity contribution in [3.05, 3.63) is 29.8 Å². The Bertz CT molecular complexity index is 649. The zero-order valence-electron chi connectivity index (χ0n) is 15.6. The first-order valence-electron chi connectivity index (χ1n) is 9.16. The van der Waals surface area contributed by atoms with Crippen LogP contribution in [0.15, 0.2) is 24.3 Å². The topological polar surface area (TPSA) is 73.9 Å². The van der Waals surface area contributed by atoms with Crippen molar-refractivity contribution < 1.29 is 14.3 Å². The van der Waals surface area contributed by atoms with E-state index >= 15 is 0 Å². The summed E-state index contributed by atoms with van der Waals surface area (Å²) < 4.78 is 5.15. The van der Waals surface area contributed by atoms with Crippen molar-refractivity contribution in [3.8, 4) is 5.75 Å². The molecule has 2 fully saturated rings. The molecule has 2 saturated heterocycles. The van der Waals surface area contributed by atoms with Gasteiger partial charge in [0, 0.05) is 44.7 Å². The lowest BCUT2D eigenvalue weighted by molar-refractivity contribution is -0.121. The molecule has 2 aliphatic rings. The van der Waals surface area contributed by atoms with E-state index < -0.39 is 0 Å². The maximum atomic E-state index is 12.7. The molecule has 1 aromatic carbocycles. The monoisotopic (exact) mass is 360 g/mol. The van der Waals surface area contributed by atoms with Crippen LogP contribution in [0.3, 0.4) is 0 Å². The highest BCUT2D eigenvalue weighted by Crippen LogP contribution is 2.30. The maximum Gasteiger partial charge on any atom is 0.317 e. The first-order chi connectivity index (χ1) is 12.5. The molecule has 2 N–H and O–H groups in total. The molecule has 2 aliphatic heterocycles. The molecule has 0 radical (unpaired) electrons. The number of methoxy groups -OCH3 is 1. The second kappa shape index (κ2) is 7.95. The second-order valence-electron chi connectivity index (χ2n) is 7.17. The van der Waals surface area contributed by atoms with E-state index in [9.17, 15) is 9.59 Å². The number of hydrogen-bond acceptors (Lipinski definition) is 4. The first-order valence-corrected chi connectivity index (χ1v) is 9.16. The van der Waals surface area contributed by atoms with Gasteiger partial charge < -0.3 is 20.3 Å². The minimum Gasteiger partial charge on any atom is -0.497 e. The van der Waals surface area contributed by atoms with Gasteiger partial charge in [0.15, 0.2) is 0 Å². The van der Waals surface area contributed by atoms with Gasteiger partial charge >= 0.3 is 6.03 Å². The third kappa shape index (κ3) is 4.09. The Morgan fingerprint density at radius 2 is 2.04 bits per heavy atom. The lowest BCUT2D eigenvalue weighted by Crippen LogP contribution is -2.63. The molecule has 1 atom stereocenters. The number of urea groups is 1. The molecule has 7 heteroatoms. The van der Waals surface area contributed by atoms with Gasteiger partial charge in [-0.3, -0.25) is 9.69 Å². The Balaban J connectivity index is 1.59. The van der Waals surface area contributed by atoms with E-state index in [1.807, 2.05) is 29.2 Å². The third-order valence-corrected chi connectivity index (χ3v) is 5.62. The number of benzene rings is 1. The summed E-state index contributed by atoms with van der Waals surface area (Å²) in [4.78, 5) is 28.6. The first kappa shape index (κ1) is 18.5. The minimum atomic E-state index is -0.116. The van der Waals surface area contributed by atoms with E-state index in [2.05, 4.69) is 22.6 Å². The van der Waals surface area contributed by atoms with Crippen LogP contribution in [0.2, 0.25) is 0 Å². The SMILES string of the molecule is COc1ccc(CNC(=O)N2CCN(C)[C@]3(CCNC(=O)CC3)C2)cc1. The molecule has 7 nitrogen and oxygen atoms in total. The number of carbonyl (C=O) groups is 2. The van der Waals surface area contributed by atoms with E-state index in [1.54, 1.807) is 7.11 Å². The molecule has 2 heterocycles. The van der Waals surface area contributed by atoms with Crippen LogP contribution >= 0.6 is 0 Å². The average Bonchev–Trinajstić information content (AvgIpc) is 2.85. The fourth-order valence-electron chi connectivity index (χ4n) is 3.80. The lowest BCUT2D eigenvalue weighted by atomic mass is 9.86. The fraction of sp³-hybridized carbons (Fsp3) is 0.579. The zero-order valence-corrected chi connectivity index (χ0v) is 15.6. The van der Waals surface area contributed by atoms with Gasteiger partial charge in [0.1, 0.15) is 5.75 Å². The van der Waals surface area contributed by atoms with Gasteiger partial charge in [-0.05, 0) is 37.6 Å². The number of rotatable bonds is 3. The third-order valence-electron chi connectivity index (χ3n) is 5.62. The summed E-state index contributed by atoms with van der Waals surface area (Å²) in [5.41, 5.74) is 0.918. The van der Waals surface area contributed by atoms with Crippen molar-refractivity contribution in [1.82, 2.24) is 20.4 Å².